The Labute approximate surface area is 125 Å². The Balaban J connectivity index is 1.85. The maximum Gasteiger partial charge on any atom is 0.177 e. The molecule has 1 N–H and O–H groups in total. The van der Waals surface area contributed by atoms with Gasteiger partial charge in [-0.05, 0) is 24.6 Å². The second-order valence-corrected chi connectivity index (χ2v) is 4.86. The number of aromatic nitrogens is 3. The molecule has 0 aliphatic heterocycles. The fourth-order valence-corrected chi connectivity index (χ4v) is 2.05. The summed E-state index contributed by atoms with van der Waals surface area (Å²) in [4.78, 5) is 0. The zero-order valence-electron chi connectivity index (χ0n) is 11.8. The summed E-state index contributed by atoms with van der Waals surface area (Å²) < 4.78 is 33.7. The lowest BCUT2D eigenvalue weighted by molar-refractivity contribution is 0.290. The Morgan fingerprint density at radius 1 is 1.09 bits per heavy atom. The van der Waals surface area contributed by atoms with Crippen LogP contribution in [0.1, 0.15) is 11.1 Å². The molecule has 0 radical (unpaired) electrons. The molecule has 0 atom stereocenters. The van der Waals surface area contributed by atoms with E-state index >= 15 is 0 Å². The van der Waals surface area contributed by atoms with E-state index in [0.29, 0.717) is 0 Å². The second-order valence-electron chi connectivity index (χ2n) is 4.86. The number of hydrogen-bond donors (Lipinski definition) is 1. The molecule has 0 spiro atoms. The van der Waals surface area contributed by atoms with E-state index in [-0.39, 0.29) is 23.6 Å². The minimum Gasteiger partial charge on any atom is -0.486 e. The fourth-order valence-electron chi connectivity index (χ4n) is 2.05. The molecule has 22 heavy (non-hydrogen) atoms. The van der Waals surface area contributed by atoms with E-state index in [9.17, 15) is 8.78 Å². The van der Waals surface area contributed by atoms with Crippen LogP contribution in [0.5, 0.6) is 5.75 Å². The summed E-state index contributed by atoms with van der Waals surface area (Å²) in [6.45, 7) is 2.18. The number of aryl methyl sites for hydroxylation is 1. The zero-order valence-corrected chi connectivity index (χ0v) is 11.8. The number of nitrogens with zero attached hydrogens (tertiary/aromatic N) is 2. The molecule has 0 aliphatic rings. The van der Waals surface area contributed by atoms with Crippen molar-refractivity contribution in [2.45, 2.75) is 13.5 Å². The van der Waals surface area contributed by atoms with E-state index in [4.69, 9.17) is 4.74 Å². The summed E-state index contributed by atoms with van der Waals surface area (Å²) in [6.07, 6.45) is 1.26. The summed E-state index contributed by atoms with van der Waals surface area (Å²) in [6, 6.07) is 10.1. The molecule has 0 amide bonds. The molecular formula is C16H13F2N3O. The van der Waals surface area contributed by atoms with Crippen LogP contribution in [0.2, 0.25) is 0 Å². The Kier molecular flexibility index (Phi) is 3.82. The van der Waals surface area contributed by atoms with Crippen molar-refractivity contribution >= 4 is 0 Å². The summed E-state index contributed by atoms with van der Waals surface area (Å²) in [5.74, 6) is -1.53. The molecule has 0 saturated carbocycles. The van der Waals surface area contributed by atoms with Gasteiger partial charge in [0.1, 0.15) is 18.1 Å². The largest absolute Gasteiger partial charge is 0.486 e. The molecule has 0 aliphatic carbocycles. The number of ether oxygens (including phenoxy) is 1. The monoisotopic (exact) mass is 301 g/mol. The predicted molar refractivity (Wildman–Crippen MR) is 77.2 cm³/mol. The molecule has 2 aromatic carbocycles. The van der Waals surface area contributed by atoms with Gasteiger partial charge in [-0.15, -0.1) is 0 Å². The van der Waals surface area contributed by atoms with Gasteiger partial charge in [0.25, 0.3) is 0 Å². The van der Waals surface area contributed by atoms with Gasteiger partial charge in [-0.3, -0.25) is 0 Å². The first-order chi connectivity index (χ1) is 10.6. The van der Waals surface area contributed by atoms with Crippen LogP contribution in [-0.2, 0) is 6.61 Å². The minimum absolute atomic E-state index is 0.0278. The van der Waals surface area contributed by atoms with E-state index in [0.717, 1.165) is 17.2 Å². The van der Waals surface area contributed by atoms with Crippen molar-refractivity contribution in [3.8, 4) is 17.0 Å². The summed E-state index contributed by atoms with van der Waals surface area (Å²) in [5.41, 5.74) is 1.87. The quantitative estimate of drug-likeness (QED) is 0.800. The third-order valence-electron chi connectivity index (χ3n) is 3.24. The number of nitrogens with one attached hydrogen (secondary N) is 1. The number of aromatic amines is 1. The van der Waals surface area contributed by atoms with Crippen LogP contribution in [-0.4, -0.2) is 15.4 Å². The SMILES string of the molecule is Cc1ccc(COc2ccc(F)c(-c3cn[nH]n3)c2F)cc1. The third kappa shape index (κ3) is 2.81. The molecule has 1 aromatic heterocycles. The maximum absolute atomic E-state index is 14.4. The van der Waals surface area contributed by atoms with Gasteiger partial charge in [0.05, 0.1) is 11.8 Å². The van der Waals surface area contributed by atoms with Crippen molar-refractivity contribution in [1.82, 2.24) is 15.4 Å². The van der Waals surface area contributed by atoms with Crippen LogP contribution in [0.15, 0.2) is 42.6 Å². The van der Waals surface area contributed by atoms with Gasteiger partial charge in [-0.1, -0.05) is 29.8 Å². The van der Waals surface area contributed by atoms with Crippen LogP contribution in [0.25, 0.3) is 11.3 Å². The van der Waals surface area contributed by atoms with Gasteiger partial charge >= 0.3 is 0 Å². The topological polar surface area (TPSA) is 50.8 Å². The van der Waals surface area contributed by atoms with Gasteiger partial charge < -0.3 is 4.74 Å². The van der Waals surface area contributed by atoms with Crippen molar-refractivity contribution in [2.75, 3.05) is 0 Å². The van der Waals surface area contributed by atoms with E-state index in [1.165, 1.54) is 12.3 Å². The second kappa shape index (κ2) is 5.93. The Hall–Kier alpha value is -2.76. The highest BCUT2D eigenvalue weighted by Gasteiger charge is 2.18. The van der Waals surface area contributed by atoms with Crippen molar-refractivity contribution < 1.29 is 13.5 Å². The van der Waals surface area contributed by atoms with Crippen molar-refractivity contribution in [2.24, 2.45) is 0 Å². The third-order valence-corrected chi connectivity index (χ3v) is 3.24. The number of rotatable bonds is 4. The van der Waals surface area contributed by atoms with Gasteiger partial charge in [0, 0.05) is 0 Å². The molecule has 1 heterocycles. The highest BCUT2D eigenvalue weighted by molar-refractivity contribution is 5.62. The molecule has 0 bridgehead atoms. The summed E-state index contributed by atoms with van der Waals surface area (Å²) in [7, 11) is 0. The van der Waals surface area contributed by atoms with E-state index in [2.05, 4.69) is 15.4 Å². The Bertz CT molecular complexity index is 771. The molecule has 3 aromatic rings. The smallest absolute Gasteiger partial charge is 0.177 e. The minimum atomic E-state index is -0.791. The highest BCUT2D eigenvalue weighted by atomic mass is 19.1. The van der Waals surface area contributed by atoms with Crippen LogP contribution in [0.4, 0.5) is 8.78 Å². The maximum atomic E-state index is 14.4. The van der Waals surface area contributed by atoms with Crippen LogP contribution in [0, 0.1) is 18.6 Å². The first-order valence-corrected chi connectivity index (χ1v) is 6.67. The van der Waals surface area contributed by atoms with Crippen molar-refractivity contribution in [3.63, 3.8) is 0 Å². The van der Waals surface area contributed by atoms with Crippen LogP contribution >= 0.6 is 0 Å². The number of H-pyrrole nitrogens is 1. The molecule has 112 valence electrons. The molecule has 0 unspecified atom stereocenters. The Morgan fingerprint density at radius 2 is 1.86 bits per heavy atom. The van der Waals surface area contributed by atoms with E-state index in [1.54, 1.807) is 0 Å². The number of benzene rings is 2. The number of hydrogen-bond acceptors (Lipinski definition) is 3. The lowest BCUT2D eigenvalue weighted by Crippen LogP contribution is -2.00. The molecular weight excluding hydrogens is 288 g/mol. The summed E-state index contributed by atoms with van der Waals surface area (Å²) >= 11 is 0. The van der Waals surface area contributed by atoms with Gasteiger partial charge in [0.15, 0.2) is 11.6 Å². The molecule has 3 rings (SSSR count). The average molecular weight is 301 g/mol. The van der Waals surface area contributed by atoms with Gasteiger partial charge in [0.2, 0.25) is 0 Å². The first kappa shape index (κ1) is 14.2. The molecule has 0 fully saturated rings. The Morgan fingerprint density at radius 3 is 2.55 bits per heavy atom. The van der Waals surface area contributed by atoms with Gasteiger partial charge in [-0.2, -0.15) is 15.4 Å². The lowest BCUT2D eigenvalue weighted by Gasteiger charge is -2.10. The first-order valence-electron chi connectivity index (χ1n) is 6.67. The predicted octanol–water partition coefficient (Wildman–Crippen LogP) is 3.64. The van der Waals surface area contributed by atoms with E-state index < -0.39 is 11.6 Å². The molecule has 0 saturated heterocycles. The van der Waals surface area contributed by atoms with E-state index in [1.807, 2.05) is 31.2 Å². The van der Waals surface area contributed by atoms with Crippen LogP contribution in [0.3, 0.4) is 0 Å². The molecule has 4 nitrogen and oxygen atoms in total. The summed E-state index contributed by atoms with van der Waals surface area (Å²) in [5, 5.41) is 9.60. The van der Waals surface area contributed by atoms with Gasteiger partial charge in [-0.25, -0.2) is 8.78 Å². The highest BCUT2D eigenvalue weighted by Crippen LogP contribution is 2.30. The standard InChI is InChI=1S/C16H13F2N3O/c1-10-2-4-11(5-3-10)9-22-14-7-6-12(17)15(16(14)18)13-8-19-21-20-13/h2-8H,9H2,1H3,(H,19,20,21). The lowest BCUT2D eigenvalue weighted by atomic mass is 10.1. The number of halogens is 2. The fraction of sp³-hybridized carbons (Fsp3) is 0.125. The van der Waals surface area contributed by atoms with Crippen LogP contribution < -0.4 is 4.74 Å². The normalized spacial score (nSPS) is 10.7. The average Bonchev–Trinajstić information content (AvgIpc) is 3.02. The zero-order chi connectivity index (χ0) is 15.5. The molecule has 6 heteroatoms. The van der Waals surface area contributed by atoms with Crippen molar-refractivity contribution in [1.29, 1.82) is 0 Å². The van der Waals surface area contributed by atoms with Crippen molar-refractivity contribution in [3.05, 3.63) is 65.4 Å².